The van der Waals surface area contributed by atoms with E-state index in [1.165, 1.54) is 69.8 Å². The maximum atomic E-state index is 2.49. The number of hydrogen-bond donors (Lipinski definition) is 0. The Bertz CT molecular complexity index is 481. The van der Waals surface area contributed by atoms with E-state index in [0.717, 1.165) is 0 Å². The summed E-state index contributed by atoms with van der Waals surface area (Å²) in [5.41, 5.74) is 6.24. The third kappa shape index (κ3) is 3.00. The first-order valence-electron chi connectivity index (χ1n) is 8.58. The van der Waals surface area contributed by atoms with Crippen LogP contribution in [0.3, 0.4) is 0 Å². The summed E-state index contributed by atoms with van der Waals surface area (Å²) in [6.45, 7) is 2.29. The van der Waals surface area contributed by atoms with E-state index in [-0.39, 0.29) is 0 Å². The van der Waals surface area contributed by atoms with Crippen molar-refractivity contribution in [2.24, 2.45) is 0 Å². The van der Waals surface area contributed by atoms with Gasteiger partial charge in [-0.15, -0.1) is 0 Å². The zero-order valence-corrected chi connectivity index (χ0v) is 12.9. The van der Waals surface area contributed by atoms with E-state index in [1.54, 1.807) is 22.6 Å². The van der Waals surface area contributed by atoms with Crippen LogP contribution in [0.1, 0.15) is 80.5 Å². The highest BCUT2D eigenvalue weighted by atomic mass is 14.3. The lowest BCUT2D eigenvalue weighted by molar-refractivity contribution is 0.601. The molecule has 1 radical (unpaired) electrons. The van der Waals surface area contributed by atoms with Crippen molar-refractivity contribution in [1.29, 1.82) is 0 Å². The van der Waals surface area contributed by atoms with Crippen LogP contribution in [0.25, 0.3) is 6.08 Å². The van der Waals surface area contributed by atoms with Gasteiger partial charge in [0.1, 0.15) is 0 Å². The molecule has 0 fully saturated rings. The summed E-state index contributed by atoms with van der Waals surface area (Å²) in [4.78, 5) is 0. The highest BCUT2D eigenvalue weighted by Gasteiger charge is 2.21. The third-order valence-electron chi connectivity index (χ3n) is 4.87. The highest BCUT2D eigenvalue weighted by Crippen LogP contribution is 2.37. The van der Waals surface area contributed by atoms with Crippen molar-refractivity contribution in [1.82, 2.24) is 0 Å². The van der Waals surface area contributed by atoms with Crippen LogP contribution in [0.15, 0.2) is 18.2 Å². The summed E-state index contributed by atoms with van der Waals surface area (Å²) >= 11 is 0. The molecular weight excluding hydrogens is 240 g/mol. The smallest absolute Gasteiger partial charge is 0.0273 e. The average Bonchev–Trinajstić information content (AvgIpc) is 3.06. The predicted molar refractivity (Wildman–Crippen MR) is 87.8 cm³/mol. The average molecular weight is 267 g/mol. The monoisotopic (exact) mass is 267 g/mol. The lowest BCUT2D eigenvalue weighted by Gasteiger charge is -2.12. The van der Waals surface area contributed by atoms with Crippen molar-refractivity contribution in [3.05, 3.63) is 46.4 Å². The molecule has 0 saturated carbocycles. The zero-order chi connectivity index (χ0) is 13.8. The number of hydrogen-bond acceptors (Lipinski definition) is 0. The molecular formula is C20H27. The molecule has 1 aromatic rings. The second kappa shape index (κ2) is 6.61. The van der Waals surface area contributed by atoms with Gasteiger partial charge in [-0.2, -0.15) is 0 Å². The van der Waals surface area contributed by atoms with E-state index >= 15 is 0 Å². The Labute approximate surface area is 124 Å². The van der Waals surface area contributed by atoms with Gasteiger partial charge in [-0.3, -0.25) is 0 Å². The number of fused-ring (bicyclic) bond motifs is 2. The minimum Gasteiger partial charge on any atom is -0.0721 e. The molecule has 0 spiro atoms. The molecule has 0 aliphatic heterocycles. The Morgan fingerprint density at radius 2 is 1.60 bits per heavy atom. The molecule has 2 aliphatic carbocycles. The zero-order valence-electron chi connectivity index (χ0n) is 12.9. The summed E-state index contributed by atoms with van der Waals surface area (Å²) < 4.78 is 0. The quantitative estimate of drug-likeness (QED) is 0.541. The Morgan fingerprint density at radius 3 is 2.45 bits per heavy atom. The van der Waals surface area contributed by atoms with Crippen LogP contribution in [0, 0.1) is 5.92 Å². The van der Waals surface area contributed by atoms with Crippen LogP contribution >= 0.6 is 0 Å². The molecule has 0 aromatic heterocycles. The molecule has 1 aromatic carbocycles. The minimum absolute atomic E-state index is 1.27. The number of allylic oxidation sites excluding steroid dienone is 1. The molecule has 2 aliphatic rings. The number of benzene rings is 1. The fourth-order valence-electron chi connectivity index (χ4n) is 3.65. The van der Waals surface area contributed by atoms with Gasteiger partial charge in [0.05, 0.1) is 0 Å². The first-order valence-corrected chi connectivity index (χ1v) is 8.58. The molecule has 0 amide bonds. The van der Waals surface area contributed by atoms with E-state index in [4.69, 9.17) is 0 Å². The Kier molecular flexibility index (Phi) is 4.60. The predicted octanol–water partition coefficient (Wildman–Crippen LogP) is 5.88. The van der Waals surface area contributed by atoms with Crippen molar-refractivity contribution in [3.8, 4) is 0 Å². The normalized spacial score (nSPS) is 16.6. The molecule has 107 valence electrons. The van der Waals surface area contributed by atoms with Crippen molar-refractivity contribution in [3.63, 3.8) is 0 Å². The maximum absolute atomic E-state index is 2.49. The first kappa shape index (κ1) is 13.9. The van der Waals surface area contributed by atoms with Gasteiger partial charge < -0.3 is 0 Å². The summed E-state index contributed by atoms with van der Waals surface area (Å²) in [6.07, 6.45) is 18.3. The van der Waals surface area contributed by atoms with Crippen LogP contribution in [0.5, 0.6) is 0 Å². The molecule has 0 heterocycles. The fraction of sp³-hybridized carbons (Fsp3) is 0.550. The van der Waals surface area contributed by atoms with Crippen LogP contribution in [-0.2, 0) is 12.8 Å². The van der Waals surface area contributed by atoms with Crippen molar-refractivity contribution in [2.75, 3.05) is 0 Å². The standard InChI is InChI=1S/C20H27/c1-2-3-4-5-6-7-9-16-12-13-19-14-17-10-8-11-18(17)15-20(16)19/h12-15H,2-11H2,1H3. The van der Waals surface area contributed by atoms with Gasteiger partial charge in [0.2, 0.25) is 0 Å². The Morgan fingerprint density at radius 1 is 0.850 bits per heavy atom. The summed E-state index contributed by atoms with van der Waals surface area (Å²) in [5, 5.41) is 0. The van der Waals surface area contributed by atoms with E-state index in [9.17, 15) is 0 Å². The Balaban J connectivity index is 1.53. The number of rotatable bonds is 7. The second-order valence-corrected chi connectivity index (χ2v) is 6.44. The van der Waals surface area contributed by atoms with E-state index in [1.807, 2.05) is 0 Å². The third-order valence-corrected chi connectivity index (χ3v) is 4.87. The maximum Gasteiger partial charge on any atom is 0.0273 e. The van der Waals surface area contributed by atoms with Gasteiger partial charge in [-0.25, -0.2) is 0 Å². The van der Waals surface area contributed by atoms with Crippen LogP contribution < -0.4 is 0 Å². The summed E-state index contributed by atoms with van der Waals surface area (Å²) in [7, 11) is 0. The number of aryl methyl sites for hydroxylation is 2. The van der Waals surface area contributed by atoms with Crippen LogP contribution in [0.2, 0.25) is 0 Å². The van der Waals surface area contributed by atoms with Gasteiger partial charge in [-0.05, 0) is 47.9 Å². The molecule has 0 saturated heterocycles. The van der Waals surface area contributed by atoms with Gasteiger partial charge in [0.15, 0.2) is 0 Å². The molecule has 0 heteroatoms. The van der Waals surface area contributed by atoms with E-state index in [0.29, 0.717) is 0 Å². The lowest BCUT2D eigenvalue weighted by atomic mass is 9.92. The molecule has 20 heavy (non-hydrogen) atoms. The van der Waals surface area contributed by atoms with Gasteiger partial charge >= 0.3 is 0 Å². The molecule has 0 atom stereocenters. The summed E-state index contributed by atoms with van der Waals surface area (Å²) in [5.74, 6) is 1.59. The first-order chi connectivity index (χ1) is 9.88. The molecule has 0 N–H and O–H groups in total. The van der Waals surface area contributed by atoms with Gasteiger partial charge in [0, 0.05) is 5.92 Å². The second-order valence-electron chi connectivity index (χ2n) is 6.44. The van der Waals surface area contributed by atoms with Crippen LogP contribution in [0.4, 0.5) is 0 Å². The lowest BCUT2D eigenvalue weighted by Crippen LogP contribution is -1.97. The fourth-order valence-corrected chi connectivity index (χ4v) is 3.65. The largest absolute Gasteiger partial charge is 0.0721 e. The topological polar surface area (TPSA) is 0 Å². The molecule has 0 bridgehead atoms. The number of unbranched alkanes of at least 4 members (excludes halogenated alkanes) is 5. The SMILES string of the molecule is CCCCCCCC[C]1C=Cc2cc3c(cc21)CCC3. The van der Waals surface area contributed by atoms with Crippen molar-refractivity contribution < 1.29 is 0 Å². The molecule has 0 unspecified atom stereocenters. The van der Waals surface area contributed by atoms with Crippen molar-refractivity contribution in [2.45, 2.75) is 71.1 Å². The van der Waals surface area contributed by atoms with Crippen LogP contribution in [-0.4, -0.2) is 0 Å². The molecule has 0 nitrogen and oxygen atoms in total. The van der Waals surface area contributed by atoms with Gasteiger partial charge in [-0.1, -0.05) is 69.7 Å². The minimum atomic E-state index is 1.27. The molecule has 3 rings (SSSR count). The van der Waals surface area contributed by atoms with E-state index in [2.05, 4.69) is 31.2 Å². The van der Waals surface area contributed by atoms with E-state index < -0.39 is 0 Å². The summed E-state index contributed by atoms with van der Waals surface area (Å²) in [6, 6.07) is 4.94. The van der Waals surface area contributed by atoms with Crippen molar-refractivity contribution >= 4 is 6.08 Å². The Hall–Kier alpha value is -1.04. The highest BCUT2D eigenvalue weighted by molar-refractivity contribution is 5.70. The van der Waals surface area contributed by atoms with Gasteiger partial charge in [0.25, 0.3) is 0 Å².